The number of carbonyl (C=O) groups excluding carboxylic acids is 1. The largest absolute Gasteiger partial charge is 0.468 e. The van der Waals surface area contributed by atoms with Crippen molar-refractivity contribution in [2.75, 3.05) is 33.9 Å². The van der Waals surface area contributed by atoms with Crippen LogP contribution in [0.1, 0.15) is 25.7 Å². The topological polar surface area (TPSA) is 64.8 Å². The van der Waals surface area contributed by atoms with Crippen LogP contribution in [0.3, 0.4) is 0 Å². The van der Waals surface area contributed by atoms with E-state index in [2.05, 4.69) is 4.90 Å². The second-order valence-corrected chi connectivity index (χ2v) is 5.65. The number of methoxy groups -OCH3 is 2. The average Bonchev–Trinajstić information content (AvgIpc) is 2.96. The molecular weight excluding hydrogens is 232 g/mol. The molecule has 2 fully saturated rings. The highest BCUT2D eigenvalue weighted by Crippen LogP contribution is 2.34. The molecule has 2 rings (SSSR count). The summed E-state index contributed by atoms with van der Waals surface area (Å²) < 4.78 is 10.0. The third kappa shape index (κ3) is 2.68. The van der Waals surface area contributed by atoms with Gasteiger partial charge in [0.05, 0.1) is 13.7 Å². The number of hydrogen-bond acceptors (Lipinski definition) is 5. The highest BCUT2D eigenvalue weighted by Gasteiger charge is 2.45. The molecule has 2 N–H and O–H groups in total. The molecule has 0 aromatic rings. The molecule has 18 heavy (non-hydrogen) atoms. The molecule has 1 saturated heterocycles. The summed E-state index contributed by atoms with van der Waals surface area (Å²) >= 11 is 0. The lowest BCUT2D eigenvalue weighted by Crippen LogP contribution is -2.48. The van der Waals surface area contributed by atoms with Crippen molar-refractivity contribution in [3.63, 3.8) is 0 Å². The summed E-state index contributed by atoms with van der Waals surface area (Å²) in [6, 6.07) is 0.427. The van der Waals surface area contributed by atoms with Gasteiger partial charge in [-0.15, -0.1) is 0 Å². The van der Waals surface area contributed by atoms with Crippen molar-refractivity contribution in [3.8, 4) is 0 Å². The van der Waals surface area contributed by atoms with Crippen LogP contribution in [0.4, 0.5) is 0 Å². The minimum atomic E-state index is -0.765. The molecule has 5 nitrogen and oxygen atoms in total. The number of likely N-dealkylation sites (tertiary alicyclic amines) is 1. The van der Waals surface area contributed by atoms with Crippen LogP contribution in [0.25, 0.3) is 0 Å². The molecule has 1 heterocycles. The van der Waals surface area contributed by atoms with Crippen molar-refractivity contribution in [2.24, 2.45) is 11.7 Å². The molecule has 1 aliphatic heterocycles. The predicted molar refractivity (Wildman–Crippen MR) is 68.1 cm³/mol. The van der Waals surface area contributed by atoms with Gasteiger partial charge >= 0.3 is 5.97 Å². The van der Waals surface area contributed by atoms with Crippen LogP contribution in [0.2, 0.25) is 0 Å². The second-order valence-electron chi connectivity index (χ2n) is 5.65. The summed E-state index contributed by atoms with van der Waals surface area (Å²) in [6.07, 6.45) is 3.63. The lowest BCUT2D eigenvalue weighted by atomic mass is 9.99. The van der Waals surface area contributed by atoms with Crippen LogP contribution in [0, 0.1) is 5.92 Å². The lowest BCUT2D eigenvalue weighted by molar-refractivity contribution is -0.146. The maximum atomic E-state index is 11.7. The predicted octanol–water partition coefficient (Wildman–Crippen LogP) is 0.378. The zero-order valence-corrected chi connectivity index (χ0v) is 11.4. The Morgan fingerprint density at radius 3 is 2.89 bits per heavy atom. The zero-order valence-electron chi connectivity index (χ0n) is 11.4. The fraction of sp³-hybridized carbons (Fsp3) is 0.923. The monoisotopic (exact) mass is 256 g/mol. The van der Waals surface area contributed by atoms with E-state index in [0.29, 0.717) is 12.0 Å². The summed E-state index contributed by atoms with van der Waals surface area (Å²) in [4.78, 5) is 14.1. The van der Waals surface area contributed by atoms with Crippen LogP contribution in [-0.4, -0.2) is 56.4 Å². The molecule has 0 bridgehead atoms. The van der Waals surface area contributed by atoms with E-state index in [1.54, 1.807) is 7.11 Å². The van der Waals surface area contributed by atoms with Gasteiger partial charge in [-0.3, -0.25) is 9.69 Å². The van der Waals surface area contributed by atoms with Crippen LogP contribution >= 0.6 is 0 Å². The van der Waals surface area contributed by atoms with E-state index in [1.807, 2.05) is 0 Å². The molecule has 0 amide bonds. The van der Waals surface area contributed by atoms with E-state index in [4.69, 9.17) is 15.2 Å². The maximum Gasteiger partial charge on any atom is 0.325 e. The standard InChI is InChI=1S/C13H24N2O3/c1-17-9-10-4-6-15(8-10)11-3-5-13(14,7-11)12(16)18-2/h10-11H,3-9,14H2,1-2H3. The van der Waals surface area contributed by atoms with Gasteiger partial charge in [-0.05, 0) is 38.1 Å². The minimum absolute atomic E-state index is 0.266. The van der Waals surface area contributed by atoms with E-state index in [-0.39, 0.29) is 5.97 Å². The van der Waals surface area contributed by atoms with Gasteiger partial charge in [-0.1, -0.05) is 0 Å². The molecular formula is C13H24N2O3. The first-order chi connectivity index (χ1) is 8.59. The van der Waals surface area contributed by atoms with Gasteiger partial charge in [0.1, 0.15) is 5.54 Å². The summed E-state index contributed by atoms with van der Waals surface area (Å²) in [5.74, 6) is 0.360. The molecule has 1 saturated carbocycles. The summed E-state index contributed by atoms with van der Waals surface area (Å²) in [7, 11) is 3.16. The van der Waals surface area contributed by atoms with Gasteiger partial charge in [-0.25, -0.2) is 0 Å². The number of nitrogens with two attached hydrogens (primary N) is 1. The Labute approximate surface area is 109 Å². The number of carbonyl (C=O) groups is 1. The first kappa shape index (κ1) is 13.8. The van der Waals surface area contributed by atoms with Crippen LogP contribution in [0.15, 0.2) is 0 Å². The van der Waals surface area contributed by atoms with Gasteiger partial charge in [0, 0.05) is 19.7 Å². The van der Waals surface area contributed by atoms with E-state index < -0.39 is 5.54 Å². The Bertz CT molecular complexity index is 311. The third-order valence-electron chi connectivity index (χ3n) is 4.35. The third-order valence-corrected chi connectivity index (χ3v) is 4.35. The van der Waals surface area contributed by atoms with E-state index in [0.717, 1.165) is 39.0 Å². The summed E-state index contributed by atoms with van der Waals surface area (Å²) in [5.41, 5.74) is 5.37. The molecule has 5 heteroatoms. The Balaban J connectivity index is 1.88. The molecule has 0 spiro atoms. The van der Waals surface area contributed by atoms with Gasteiger partial charge < -0.3 is 15.2 Å². The Morgan fingerprint density at radius 1 is 1.44 bits per heavy atom. The van der Waals surface area contributed by atoms with Gasteiger partial charge in [0.15, 0.2) is 0 Å². The van der Waals surface area contributed by atoms with Crippen molar-refractivity contribution >= 4 is 5.97 Å². The SMILES string of the molecule is COCC1CCN(C2CCC(N)(C(=O)OC)C2)C1. The number of hydrogen-bond donors (Lipinski definition) is 1. The van der Waals surface area contributed by atoms with Crippen molar-refractivity contribution in [3.05, 3.63) is 0 Å². The fourth-order valence-electron chi connectivity index (χ4n) is 3.32. The fourth-order valence-corrected chi connectivity index (χ4v) is 3.32. The van der Waals surface area contributed by atoms with Crippen molar-refractivity contribution in [1.29, 1.82) is 0 Å². The molecule has 3 atom stereocenters. The van der Waals surface area contributed by atoms with Crippen molar-refractivity contribution in [1.82, 2.24) is 4.90 Å². The highest BCUT2D eigenvalue weighted by atomic mass is 16.5. The Kier molecular flexibility index (Phi) is 4.25. The first-order valence-electron chi connectivity index (χ1n) is 6.69. The second kappa shape index (κ2) is 5.55. The van der Waals surface area contributed by atoms with Gasteiger partial charge in [0.25, 0.3) is 0 Å². The Morgan fingerprint density at radius 2 is 2.22 bits per heavy atom. The first-order valence-corrected chi connectivity index (χ1v) is 6.69. The van der Waals surface area contributed by atoms with Crippen molar-refractivity contribution in [2.45, 2.75) is 37.3 Å². The quantitative estimate of drug-likeness (QED) is 0.737. The number of ether oxygens (including phenoxy) is 2. The summed E-state index contributed by atoms with van der Waals surface area (Å²) in [5, 5.41) is 0. The number of rotatable bonds is 4. The molecule has 104 valence electrons. The van der Waals surface area contributed by atoms with Crippen LogP contribution in [0.5, 0.6) is 0 Å². The summed E-state index contributed by atoms with van der Waals surface area (Å²) in [6.45, 7) is 2.99. The van der Waals surface area contributed by atoms with Crippen LogP contribution < -0.4 is 5.73 Å². The normalized spacial score (nSPS) is 37.1. The molecule has 2 aliphatic rings. The van der Waals surface area contributed by atoms with E-state index >= 15 is 0 Å². The highest BCUT2D eigenvalue weighted by molar-refractivity contribution is 5.81. The molecule has 0 radical (unpaired) electrons. The van der Waals surface area contributed by atoms with Gasteiger partial charge in [-0.2, -0.15) is 0 Å². The van der Waals surface area contributed by atoms with E-state index in [1.165, 1.54) is 13.5 Å². The number of esters is 1. The van der Waals surface area contributed by atoms with Crippen molar-refractivity contribution < 1.29 is 14.3 Å². The smallest absolute Gasteiger partial charge is 0.325 e. The van der Waals surface area contributed by atoms with Crippen LogP contribution in [-0.2, 0) is 14.3 Å². The minimum Gasteiger partial charge on any atom is -0.468 e. The zero-order chi connectivity index (χ0) is 13.2. The molecule has 0 aromatic carbocycles. The average molecular weight is 256 g/mol. The Hall–Kier alpha value is -0.650. The molecule has 0 aromatic heterocycles. The van der Waals surface area contributed by atoms with Gasteiger partial charge in [0.2, 0.25) is 0 Å². The molecule has 1 aliphatic carbocycles. The van der Waals surface area contributed by atoms with E-state index in [9.17, 15) is 4.79 Å². The number of nitrogens with zero attached hydrogens (tertiary/aromatic N) is 1. The molecule has 3 unspecified atom stereocenters. The lowest BCUT2D eigenvalue weighted by Gasteiger charge is -2.26. The maximum absolute atomic E-state index is 11.7.